The maximum Gasteiger partial charge on any atom is 0.191 e. The molecule has 1 aromatic heterocycles. The van der Waals surface area contributed by atoms with Crippen LogP contribution in [0.25, 0.3) is 0 Å². The quantitative estimate of drug-likeness (QED) is 0.599. The molecule has 5 nitrogen and oxygen atoms in total. The summed E-state index contributed by atoms with van der Waals surface area (Å²) in [6.07, 6.45) is 4.37. The summed E-state index contributed by atoms with van der Waals surface area (Å²) in [6, 6.07) is 8.64. The van der Waals surface area contributed by atoms with E-state index in [1.54, 1.807) is 18.9 Å². The Morgan fingerprint density at radius 2 is 2.14 bits per heavy atom. The number of methoxy groups -OCH3 is 1. The molecule has 0 atom stereocenters. The lowest BCUT2D eigenvalue weighted by Gasteiger charge is -2.09. The second-order valence-electron chi connectivity index (χ2n) is 5.42. The van der Waals surface area contributed by atoms with E-state index in [0.717, 1.165) is 29.5 Å². The Labute approximate surface area is 134 Å². The minimum absolute atomic E-state index is 0.0364. The van der Waals surface area contributed by atoms with Crippen molar-refractivity contribution in [2.24, 2.45) is 0 Å². The minimum Gasteiger partial charge on any atom is -0.496 e. The van der Waals surface area contributed by atoms with Crippen molar-refractivity contribution in [1.29, 1.82) is 0 Å². The molecule has 2 aromatic rings. The Bertz CT molecular complexity index is 626. The van der Waals surface area contributed by atoms with Crippen molar-refractivity contribution in [1.82, 2.24) is 14.8 Å². The van der Waals surface area contributed by atoms with E-state index < -0.39 is 0 Å². The van der Waals surface area contributed by atoms with Gasteiger partial charge < -0.3 is 14.4 Å². The average Bonchev–Trinajstić information content (AvgIpc) is 3.32. The molecule has 0 amide bonds. The number of ether oxygens (including phenoxy) is 1. The van der Waals surface area contributed by atoms with E-state index in [1.165, 1.54) is 18.4 Å². The van der Waals surface area contributed by atoms with Crippen LogP contribution in [0.15, 0.2) is 29.4 Å². The summed E-state index contributed by atoms with van der Waals surface area (Å²) in [5.41, 5.74) is 1.24. The van der Waals surface area contributed by atoms with Crippen LogP contribution < -0.4 is 4.74 Å². The molecule has 3 rings (SSSR count). The van der Waals surface area contributed by atoms with E-state index in [4.69, 9.17) is 4.74 Å². The maximum atomic E-state index is 9.34. The smallest absolute Gasteiger partial charge is 0.191 e. The predicted octanol–water partition coefficient (Wildman–Crippen LogP) is 2.84. The lowest BCUT2D eigenvalue weighted by Crippen LogP contribution is -2.03. The first kappa shape index (κ1) is 15.4. The van der Waals surface area contributed by atoms with Crippen LogP contribution >= 0.6 is 11.8 Å². The molecular formula is C16H21N3O2S. The van der Waals surface area contributed by atoms with E-state index in [1.807, 2.05) is 18.2 Å². The number of hydrogen-bond donors (Lipinski definition) is 1. The zero-order valence-corrected chi connectivity index (χ0v) is 13.6. The number of para-hydroxylation sites is 1. The van der Waals surface area contributed by atoms with Gasteiger partial charge in [0.2, 0.25) is 0 Å². The van der Waals surface area contributed by atoms with Gasteiger partial charge in [-0.1, -0.05) is 30.0 Å². The minimum atomic E-state index is -0.0364. The van der Waals surface area contributed by atoms with E-state index >= 15 is 0 Å². The molecule has 0 aliphatic heterocycles. The summed E-state index contributed by atoms with van der Waals surface area (Å²) >= 11 is 1.72. The number of thioether (sulfide) groups is 1. The molecular weight excluding hydrogens is 298 g/mol. The molecule has 0 saturated heterocycles. The average molecular weight is 319 g/mol. The van der Waals surface area contributed by atoms with E-state index in [-0.39, 0.29) is 6.61 Å². The second kappa shape index (κ2) is 7.15. The molecule has 0 bridgehead atoms. The van der Waals surface area contributed by atoms with Gasteiger partial charge >= 0.3 is 0 Å². The zero-order chi connectivity index (χ0) is 15.4. The van der Waals surface area contributed by atoms with Gasteiger partial charge in [-0.05, 0) is 37.3 Å². The monoisotopic (exact) mass is 319 g/mol. The van der Waals surface area contributed by atoms with Crippen molar-refractivity contribution in [3.8, 4) is 5.75 Å². The number of hydrogen-bond acceptors (Lipinski definition) is 5. The summed E-state index contributed by atoms with van der Waals surface area (Å²) in [4.78, 5) is 0. The van der Waals surface area contributed by atoms with Crippen LogP contribution in [0.2, 0.25) is 0 Å². The van der Waals surface area contributed by atoms with Crippen LogP contribution in [0.3, 0.4) is 0 Å². The summed E-state index contributed by atoms with van der Waals surface area (Å²) in [7, 11) is 1.71. The highest BCUT2D eigenvalue weighted by molar-refractivity contribution is 7.99. The second-order valence-corrected chi connectivity index (χ2v) is 6.48. The van der Waals surface area contributed by atoms with Crippen LogP contribution in [0.5, 0.6) is 5.75 Å². The summed E-state index contributed by atoms with van der Waals surface area (Å²) < 4.78 is 7.48. The van der Waals surface area contributed by atoms with E-state index in [9.17, 15) is 5.11 Å². The molecule has 1 fully saturated rings. The molecule has 1 heterocycles. The van der Waals surface area contributed by atoms with Gasteiger partial charge in [0, 0.05) is 11.8 Å². The third-order valence-electron chi connectivity index (χ3n) is 3.80. The highest BCUT2D eigenvalue weighted by Gasteiger charge is 2.29. The predicted molar refractivity (Wildman–Crippen MR) is 86.3 cm³/mol. The van der Waals surface area contributed by atoms with Gasteiger partial charge in [-0.15, -0.1) is 10.2 Å². The first-order chi connectivity index (χ1) is 10.8. The van der Waals surface area contributed by atoms with Crippen molar-refractivity contribution in [3.63, 3.8) is 0 Å². The summed E-state index contributed by atoms with van der Waals surface area (Å²) in [6.45, 7) is -0.0364. The molecule has 22 heavy (non-hydrogen) atoms. The molecule has 1 N–H and O–H groups in total. The lowest BCUT2D eigenvalue weighted by molar-refractivity contribution is 0.263. The lowest BCUT2D eigenvalue weighted by atomic mass is 10.1. The molecule has 1 aliphatic rings. The van der Waals surface area contributed by atoms with Crippen LogP contribution in [0.4, 0.5) is 0 Å². The summed E-state index contributed by atoms with van der Waals surface area (Å²) in [5, 5.41) is 18.6. The van der Waals surface area contributed by atoms with E-state index in [2.05, 4.69) is 20.8 Å². The maximum absolute atomic E-state index is 9.34. The first-order valence-electron chi connectivity index (χ1n) is 7.62. The highest BCUT2D eigenvalue weighted by atomic mass is 32.2. The molecule has 0 spiro atoms. The SMILES string of the molecule is COc1ccccc1CCCSc1nnc(CO)n1C1CC1. The molecule has 1 aliphatic carbocycles. The normalized spacial score (nSPS) is 14.3. The van der Waals surface area contributed by atoms with Crippen molar-refractivity contribution < 1.29 is 9.84 Å². The van der Waals surface area contributed by atoms with E-state index in [0.29, 0.717) is 11.9 Å². The topological polar surface area (TPSA) is 60.2 Å². The molecule has 1 aromatic carbocycles. The van der Waals surface area contributed by atoms with Crippen molar-refractivity contribution in [2.45, 2.75) is 43.5 Å². The fourth-order valence-electron chi connectivity index (χ4n) is 2.55. The number of rotatable bonds is 8. The van der Waals surface area contributed by atoms with Crippen molar-refractivity contribution in [2.75, 3.05) is 12.9 Å². The zero-order valence-electron chi connectivity index (χ0n) is 12.7. The fraction of sp³-hybridized carbons (Fsp3) is 0.500. The first-order valence-corrected chi connectivity index (χ1v) is 8.61. The molecule has 0 radical (unpaired) electrons. The Balaban J connectivity index is 1.54. The van der Waals surface area contributed by atoms with Gasteiger partial charge in [-0.25, -0.2) is 0 Å². The number of benzene rings is 1. The molecule has 118 valence electrons. The number of aryl methyl sites for hydroxylation is 1. The van der Waals surface area contributed by atoms with Gasteiger partial charge in [-0.2, -0.15) is 0 Å². The van der Waals surface area contributed by atoms with Crippen LogP contribution in [-0.4, -0.2) is 32.7 Å². The van der Waals surface area contributed by atoms with Gasteiger partial charge in [0.1, 0.15) is 12.4 Å². The van der Waals surface area contributed by atoms with Crippen molar-refractivity contribution in [3.05, 3.63) is 35.7 Å². The Morgan fingerprint density at radius 3 is 2.86 bits per heavy atom. The highest BCUT2D eigenvalue weighted by Crippen LogP contribution is 2.38. The largest absolute Gasteiger partial charge is 0.496 e. The molecule has 0 unspecified atom stereocenters. The number of aromatic nitrogens is 3. The summed E-state index contributed by atoms with van der Waals surface area (Å²) in [5.74, 6) is 2.62. The van der Waals surface area contributed by atoms with Gasteiger partial charge in [-0.3, -0.25) is 0 Å². The fourth-order valence-corrected chi connectivity index (χ4v) is 3.51. The third-order valence-corrected chi connectivity index (χ3v) is 4.83. The van der Waals surface area contributed by atoms with Crippen LogP contribution in [-0.2, 0) is 13.0 Å². The Morgan fingerprint density at radius 1 is 1.32 bits per heavy atom. The van der Waals surface area contributed by atoms with Crippen LogP contribution in [0, 0.1) is 0 Å². The number of aliphatic hydroxyl groups excluding tert-OH is 1. The van der Waals surface area contributed by atoms with Gasteiger partial charge in [0.05, 0.1) is 7.11 Å². The Hall–Kier alpha value is -1.53. The third kappa shape index (κ3) is 3.44. The Kier molecular flexibility index (Phi) is 5.00. The molecule has 1 saturated carbocycles. The standard InChI is InChI=1S/C16H21N3O2S/c1-21-14-7-3-2-5-12(14)6-4-10-22-16-18-17-15(11-20)19(16)13-8-9-13/h2-3,5,7,13,20H,4,6,8-11H2,1H3. The number of aliphatic hydroxyl groups is 1. The van der Waals surface area contributed by atoms with Gasteiger partial charge in [0.15, 0.2) is 11.0 Å². The van der Waals surface area contributed by atoms with Crippen LogP contribution in [0.1, 0.15) is 36.7 Å². The van der Waals surface area contributed by atoms with Crippen molar-refractivity contribution >= 4 is 11.8 Å². The molecule has 6 heteroatoms. The number of nitrogens with zero attached hydrogens (tertiary/aromatic N) is 3. The van der Waals surface area contributed by atoms with Gasteiger partial charge in [0.25, 0.3) is 0 Å².